The Labute approximate surface area is 103 Å². The average Bonchev–Trinajstić information content (AvgIpc) is 2.84. The van der Waals surface area contributed by atoms with Gasteiger partial charge in [0.15, 0.2) is 5.82 Å². The van der Waals surface area contributed by atoms with Crippen LogP contribution in [0.1, 0.15) is 0 Å². The van der Waals surface area contributed by atoms with Gasteiger partial charge in [0.25, 0.3) is 5.56 Å². The predicted molar refractivity (Wildman–Crippen MR) is 62.3 cm³/mol. The normalized spacial score (nSPS) is 10.9. The van der Waals surface area contributed by atoms with E-state index in [-0.39, 0.29) is 5.56 Å². The zero-order valence-electron chi connectivity index (χ0n) is 8.33. The number of hydrogen-bond donors (Lipinski definition) is 1. The van der Waals surface area contributed by atoms with Gasteiger partial charge in [-0.15, -0.1) is 5.10 Å². The van der Waals surface area contributed by atoms with Crippen molar-refractivity contribution in [2.45, 2.75) is 0 Å². The molecule has 8 heteroatoms. The molecule has 17 heavy (non-hydrogen) atoms. The lowest BCUT2D eigenvalue weighted by atomic mass is 10.3. The van der Waals surface area contributed by atoms with E-state index in [1.807, 2.05) is 6.07 Å². The van der Waals surface area contributed by atoms with Gasteiger partial charge >= 0.3 is 0 Å². The van der Waals surface area contributed by atoms with E-state index in [0.717, 1.165) is 4.47 Å². The Morgan fingerprint density at radius 2 is 2.24 bits per heavy atom. The number of fused-ring (bicyclic) bond motifs is 1. The lowest BCUT2D eigenvalue weighted by molar-refractivity contribution is 0.881. The SMILES string of the molecule is O=c1c(-c2nnn[nH]2)cnc2ccc(Br)cn12. The molecule has 1 N–H and O–H groups in total. The highest BCUT2D eigenvalue weighted by Gasteiger charge is 2.10. The lowest BCUT2D eigenvalue weighted by Crippen LogP contribution is -2.17. The first-order valence-electron chi connectivity index (χ1n) is 4.67. The summed E-state index contributed by atoms with van der Waals surface area (Å²) >= 11 is 3.30. The fourth-order valence-electron chi connectivity index (χ4n) is 1.49. The van der Waals surface area contributed by atoms with Crippen LogP contribution < -0.4 is 5.56 Å². The molecule has 0 aliphatic rings. The highest BCUT2D eigenvalue weighted by Crippen LogP contribution is 2.11. The second kappa shape index (κ2) is 3.74. The number of halogens is 1. The van der Waals surface area contributed by atoms with Gasteiger partial charge in [0.05, 0.1) is 0 Å². The first-order chi connectivity index (χ1) is 8.25. The van der Waals surface area contributed by atoms with E-state index in [9.17, 15) is 4.79 Å². The number of aromatic amines is 1. The van der Waals surface area contributed by atoms with Crippen molar-refractivity contribution >= 4 is 21.6 Å². The zero-order chi connectivity index (χ0) is 11.8. The van der Waals surface area contributed by atoms with Gasteiger partial charge in [0, 0.05) is 16.9 Å². The van der Waals surface area contributed by atoms with Crippen LogP contribution in [0.3, 0.4) is 0 Å². The second-order valence-electron chi connectivity index (χ2n) is 3.30. The van der Waals surface area contributed by atoms with E-state index in [1.165, 1.54) is 10.6 Å². The summed E-state index contributed by atoms with van der Waals surface area (Å²) in [5, 5.41) is 13.1. The van der Waals surface area contributed by atoms with Gasteiger partial charge < -0.3 is 0 Å². The topological polar surface area (TPSA) is 88.8 Å². The Bertz CT molecular complexity index is 735. The minimum atomic E-state index is -0.227. The maximum absolute atomic E-state index is 12.2. The molecule has 0 fully saturated rings. The first-order valence-corrected chi connectivity index (χ1v) is 5.46. The van der Waals surface area contributed by atoms with Gasteiger partial charge in [-0.25, -0.2) is 10.1 Å². The summed E-state index contributed by atoms with van der Waals surface area (Å²) in [6, 6.07) is 3.56. The number of aromatic nitrogens is 6. The van der Waals surface area contributed by atoms with Crippen molar-refractivity contribution in [3.8, 4) is 11.4 Å². The number of pyridine rings is 1. The summed E-state index contributed by atoms with van der Waals surface area (Å²) in [5.74, 6) is 0.303. The number of hydrogen-bond acceptors (Lipinski definition) is 5. The molecule has 0 spiro atoms. The summed E-state index contributed by atoms with van der Waals surface area (Å²) in [6.45, 7) is 0. The number of H-pyrrole nitrogens is 1. The lowest BCUT2D eigenvalue weighted by Gasteiger charge is -2.01. The largest absolute Gasteiger partial charge is 0.269 e. The first kappa shape index (κ1) is 10.1. The molecule has 84 valence electrons. The highest BCUT2D eigenvalue weighted by molar-refractivity contribution is 9.10. The van der Waals surface area contributed by atoms with Crippen molar-refractivity contribution in [3.05, 3.63) is 39.4 Å². The summed E-state index contributed by atoms with van der Waals surface area (Å²) in [6.07, 6.45) is 3.10. The van der Waals surface area contributed by atoms with Crippen LogP contribution in [0.4, 0.5) is 0 Å². The van der Waals surface area contributed by atoms with E-state index >= 15 is 0 Å². The van der Waals surface area contributed by atoms with Crippen LogP contribution in [-0.4, -0.2) is 30.0 Å². The van der Waals surface area contributed by atoms with E-state index in [2.05, 4.69) is 41.5 Å². The van der Waals surface area contributed by atoms with Crippen molar-refractivity contribution in [2.75, 3.05) is 0 Å². The maximum Gasteiger partial charge on any atom is 0.269 e. The molecule has 0 amide bonds. The van der Waals surface area contributed by atoms with Crippen LogP contribution in [0.2, 0.25) is 0 Å². The third-order valence-corrected chi connectivity index (χ3v) is 2.74. The van der Waals surface area contributed by atoms with E-state index < -0.39 is 0 Å². The summed E-state index contributed by atoms with van der Waals surface area (Å²) in [4.78, 5) is 16.3. The van der Waals surface area contributed by atoms with Gasteiger partial charge in [0.1, 0.15) is 11.2 Å². The summed E-state index contributed by atoms with van der Waals surface area (Å²) in [5.41, 5.74) is 0.662. The predicted octanol–water partition coefficient (Wildman–Crippen LogP) is 0.637. The summed E-state index contributed by atoms with van der Waals surface area (Å²) < 4.78 is 2.23. The molecule has 0 saturated heterocycles. The molecule has 3 rings (SSSR count). The van der Waals surface area contributed by atoms with E-state index in [1.54, 1.807) is 12.3 Å². The molecule has 0 atom stereocenters. The molecule has 0 saturated carbocycles. The monoisotopic (exact) mass is 292 g/mol. The number of nitrogens with one attached hydrogen (secondary N) is 1. The molecule has 0 aliphatic carbocycles. The molecular weight excluding hydrogens is 288 g/mol. The molecule has 0 radical (unpaired) electrons. The van der Waals surface area contributed by atoms with Crippen molar-refractivity contribution in [1.82, 2.24) is 30.0 Å². The Morgan fingerprint density at radius 3 is 3.00 bits per heavy atom. The highest BCUT2D eigenvalue weighted by atomic mass is 79.9. The minimum Gasteiger partial charge on any atom is -0.268 e. The van der Waals surface area contributed by atoms with Crippen molar-refractivity contribution in [1.29, 1.82) is 0 Å². The van der Waals surface area contributed by atoms with Crippen LogP contribution in [0.25, 0.3) is 17.0 Å². The van der Waals surface area contributed by atoms with Crippen LogP contribution in [-0.2, 0) is 0 Å². The Balaban J connectivity index is 2.36. The van der Waals surface area contributed by atoms with E-state index in [0.29, 0.717) is 17.0 Å². The Kier molecular flexibility index (Phi) is 2.22. The van der Waals surface area contributed by atoms with Gasteiger partial charge in [-0.1, -0.05) is 0 Å². The van der Waals surface area contributed by atoms with Gasteiger partial charge in [0.2, 0.25) is 0 Å². The molecular formula is C9H5BrN6O. The number of rotatable bonds is 1. The molecule has 0 aromatic carbocycles. The average molecular weight is 293 g/mol. The van der Waals surface area contributed by atoms with Crippen molar-refractivity contribution < 1.29 is 0 Å². The summed E-state index contributed by atoms with van der Waals surface area (Å²) in [7, 11) is 0. The molecule has 3 heterocycles. The van der Waals surface area contributed by atoms with E-state index in [4.69, 9.17) is 0 Å². The smallest absolute Gasteiger partial charge is 0.268 e. The second-order valence-corrected chi connectivity index (χ2v) is 4.22. The number of nitrogens with zero attached hydrogens (tertiary/aromatic N) is 5. The fraction of sp³-hybridized carbons (Fsp3) is 0. The molecule has 3 aromatic heterocycles. The maximum atomic E-state index is 12.2. The molecule has 0 unspecified atom stereocenters. The van der Waals surface area contributed by atoms with Gasteiger partial charge in [-0.2, -0.15) is 0 Å². The standard InChI is InChI=1S/C9H5BrN6O/c10-5-1-2-7-11-3-6(8-12-14-15-13-8)9(17)16(7)4-5/h1-4H,(H,12,13,14,15). The third-order valence-electron chi connectivity index (χ3n) is 2.27. The van der Waals surface area contributed by atoms with Crippen molar-refractivity contribution in [2.24, 2.45) is 0 Å². The van der Waals surface area contributed by atoms with Crippen LogP contribution >= 0.6 is 15.9 Å². The fourth-order valence-corrected chi connectivity index (χ4v) is 1.82. The molecule has 7 nitrogen and oxygen atoms in total. The molecule has 3 aromatic rings. The van der Waals surface area contributed by atoms with Crippen LogP contribution in [0.5, 0.6) is 0 Å². The molecule has 0 aliphatic heterocycles. The number of tetrazole rings is 1. The Morgan fingerprint density at radius 1 is 1.35 bits per heavy atom. The third kappa shape index (κ3) is 1.62. The van der Waals surface area contributed by atoms with Gasteiger partial charge in [-0.05, 0) is 38.5 Å². The quantitative estimate of drug-likeness (QED) is 0.711. The minimum absolute atomic E-state index is 0.227. The van der Waals surface area contributed by atoms with Crippen LogP contribution in [0.15, 0.2) is 33.8 Å². The van der Waals surface area contributed by atoms with Gasteiger partial charge in [-0.3, -0.25) is 9.20 Å². The Hall–Kier alpha value is -2.09. The van der Waals surface area contributed by atoms with Crippen molar-refractivity contribution in [3.63, 3.8) is 0 Å². The van der Waals surface area contributed by atoms with Crippen LogP contribution in [0, 0.1) is 0 Å². The zero-order valence-corrected chi connectivity index (χ0v) is 9.92. The molecule has 0 bridgehead atoms.